The van der Waals surface area contributed by atoms with Gasteiger partial charge in [-0.25, -0.2) is 4.79 Å². The summed E-state index contributed by atoms with van der Waals surface area (Å²) in [4.78, 5) is 15.2. The molecule has 0 saturated carbocycles. The van der Waals surface area contributed by atoms with Crippen molar-refractivity contribution in [3.05, 3.63) is 23.4 Å². The van der Waals surface area contributed by atoms with Gasteiger partial charge < -0.3 is 14.0 Å². The van der Waals surface area contributed by atoms with Gasteiger partial charge in [0.1, 0.15) is 5.69 Å². The van der Waals surface area contributed by atoms with Gasteiger partial charge in [-0.05, 0) is 39.8 Å². The predicted molar refractivity (Wildman–Crippen MR) is 76.3 cm³/mol. The number of nitrogens with zero attached hydrogens (tertiary/aromatic N) is 1. The van der Waals surface area contributed by atoms with Crippen LogP contribution in [0, 0.1) is 0 Å². The van der Waals surface area contributed by atoms with E-state index in [2.05, 4.69) is 9.72 Å². The van der Waals surface area contributed by atoms with Crippen LogP contribution in [0.2, 0.25) is 0 Å². The van der Waals surface area contributed by atoms with Crippen LogP contribution in [0.25, 0.3) is 0 Å². The summed E-state index contributed by atoms with van der Waals surface area (Å²) in [6.07, 6.45) is -4.71. The van der Waals surface area contributed by atoms with Crippen LogP contribution in [0.1, 0.15) is 43.7 Å². The molecule has 0 bridgehead atoms. The van der Waals surface area contributed by atoms with E-state index in [-0.39, 0.29) is 11.2 Å². The van der Waals surface area contributed by atoms with Gasteiger partial charge in [-0.2, -0.15) is 13.2 Å². The highest BCUT2D eigenvalue weighted by atomic mass is 19.4. The van der Waals surface area contributed by atoms with Crippen LogP contribution in [0.5, 0.6) is 0 Å². The Labute approximate surface area is 132 Å². The zero-order valence-corrected chi connectivity index (χ0v) is 13.4. The van der Waals surface area contributed by atoms with Crippen LogP contribution >= 0.6 is 0 Å². The second-order valence-corrected chi connectivity index (χ2v) is 6.24. The van der Waals surface area contributed by atoms with Crippen molar-refractivity contribution in [2.45, 2.75) is 45.1 Å². The van der Waals surface area contributed by atoms with E-state index in [9.17, 15) is 18.0 Å². The number of halogens is 3. The van der Waals surface area contributed by atoms with Crippen LogP contribution in [0.15, 0.2) is 12.1 Å². The van der Waals surface area contributed by atoms with Crippen molar-refractivity contribution in [3.63, 3.8) is 0 Å². The number of carbonyl (C=O) groups is 1. The van der Waals surface area contributed by atoms with E-state index < -0.39 is 36.2 Å². The molecule has 1 saturated heterocycles. The smallest absolute Gasteiger partial charge is 0.465 e. The van der Waals surface area contributed by atoms with E-state index >= 15 is 0 Å². The first-order valence-electron chi connectivity index (χ1n) is 6.90. The number of carbonyl (C=O) groups excluding carboxylic acids is 1. The number of esters is 1. The van der Waals surface area contributed by atoms with Crippen molar-refractivity contribution in [3.8, 4) is 0 Å². The molecule has 0 radical (unpaired) electrons. The van der Waals surface area contributed by atoms with Crippen molar-refractivity contribution < 1.29 is 32.0 Å². The van der Waals surface area contributed by atoms with E-state index in [1.807, 2.05) is 0 Å². The number of hydrogen-bond acceptors (Lipinski definition) is 5. The van der Waals surface area contributed by atoms with Gasteiger partial charge in [-0.3, -0.25) is 4.98 Å². The molecule has 1 aromatic heterocycles. The lowest BCUT2D eigenvalue weighted by molar-refractivity contribution is -0.141. The predicted octanol–water partition coefficient (Wildman–Crippen LogP) is 2.19. The highest BCUT2D eigenvalue weighted by molar-refractivity contribution is 6.61. The number of methoxy groups -OCH3 is 1. The molecule has 0 spiro atoms. The Morgan fingerprint density at radius 3 is 2.13 bits per heavy atom. The van der Waals surface area contributed by atoms with Gasteiger partial charge >= 0.3 is 19.3 Å². The molecule has 0 N–H and O–H groups in total. The molecular weight excluding hydrogens is 314 g/mol. The normalized spacial score (nSPS) is 19.7. The zero-order chi connectivity index (χ0) is 17.6. The molecule has 23 heavy (non-hydrogen) atoms. The molecule has 0 aliphatic carbocycles. The molecule has 0 amide bonds. The lowest BCUT2D eigenvalue weighted by Crippen LogP contribution is -2.41. The number of ether oxygens (including phenoxy) is 1. The first-order chi connectivity index (χ1) is 10.4. The van der Waals surface area contributed by atoms with Crippen LogP contribution in [-0.4, -0.2) is 36.4 Å². The average Bonchev–Trinajstić information content (AvgIpc) is 2.65. The number of hydrogen-bond donors (Lipinski definition) is 0. The second kappa shape index (κ2) is 5.49. The molecule has 126 valence electrons. The van der Waals surface area contributed by atoms with E-state index in [1.165, 1.54) is 6.07 Å². The monoisotopic (exact) mass is 331 g/mol. The Morgan fingerprint density at radius 1 is 1.17 bits per heavy atom. The third-order valence-corrected chi connectivity index (χ3v) is 4.05. The Morgan fingerprint density at radius 2 is 1.70 bits per heavy atom. The molecule has 1 fully saturated rings. The number of rotatable bonds is 2. The van der Waals surface area contributed by atoms with E-state index in [1.54, 1.807) is 27.7 Å². The minimum Gasteiger partial charge on any atom is -0.465 e. The third kappa shape index (κ3) is 3.35. The number of alkyl halides is 3. The highest BCUT2D eigenvalue weighted by Gasteiger charge is 2.53. The Hall–Kier alpha value is -1.61. The summed E-state index contributed by atoms with van der Waals surface area (Å²) in [6.45, 7) is 7.06. The summed E-state index contributed by atoms with van der Waals surface area (Å²) in [5.74, 6) is -0.893. The molecule has 0 atom stereocenters. The summed E-state index contributed by atoms with van der Waals surface area (Å²) in [7, 11) is -0.0180. The van der Waals surface area contributed by atoms with Crippen molar-refractivity contribution in [1.29, 1.82) is 0 Å². The fourth-order valence-electron chi connectivity index (χ4n) is 2.02. The lowest BCUT2D eigenvalue weighted by Gasteiger charge is -2.32. The van der Waals surface area contributed by atoms with Crippen LogP contribution in [0.4, 0.5) is 13.2 Å². The van der Waals surface area contributed by atoms with Gasteiger partial charge in [-0.1, -0.05) is 0 Å². The van der Waals surface area contributed by atoms with Gasteiger partial charge in [0, 0.05) is 0 Å². The third-order valence-electron chi connectivity index (χ3n) is 4.05. The molecule has 2 rings (SSSR count). The Bertz CT molecular complexity index is 615. The maximum atomic E-state index is 13.0. The second-order valence-electron chi connectivity index (χ2n) is 6.24. The van der Waals surface area contributed by atoms with Crippen molar-refractivity contribution in [1.82, 2.24) is 4.98 Å². The maximum absolute atomic E-state index is 13.0. The molecule has 1 aliphatic heterocycles. The van der Waals surface area contributed by atoms with Gasteiger partial charge in [-0.15, -0.1) is 0 Å². The van der Waals surface area contributed by atoms with Crippen LogP contribution in [-0.2, 0) is 20.2 Å². The van der Waals surface area contributed by atoms with Crippen molar-refractivity contribution in [2.75, 3.05) is 7.11 Å². The zero-order valence-electron chi connectivity index (χ0n) is 13.4. The van der Waals surface area contributed by atoms with Gasteiger partial charge in [0.15, 0.2) is 0 Å². The van der Waals surface area contributed by atoms with E-state index in [0.717, 1.165) is 7.11 Å². The van der Waals surface area contributed by atoms with Crippen LogP contribution < -0.4 is 5.59 Å². The molecular formula is C14H17BF3NO4. The van der Waals surface area contributed by atoms with Gasteiger partial charge in [0.2, 0.25) is 0 Å². The molecule has 1 aliphatic rings. The lowest BCUT2D eigenvalue weighted by atomic mass is 9.83. The topological polar surface area (TPSA) is 57.7 Å². The summed E-state index contributed by atoms with van der Waals surface area (Å²) in [5.41, 5.74) is -3.07. The fraction of sp³-hybridized carbons (Fsp3) is 0.571. The van der Waals surface area contributed by atoms with E-state index in [0.29, 0.717) is 6.07 Å². The average molecular weight is 331 g/mol. The molecule has 9 heteroatoms. The summed E-state index contributed by atoms with van der Waals surface area (Å²) < 4.78 is 54.9. The number of aromatic nitrogens is 1. The van der Waals surface area contributed by atoms with Gasteiger partial charge in [0.05, 0.1) is 29.5 Å². The SMILES string of the molecule is COC(=O)c1cc(B2OC(C)(C)C(C)(C)O2)nc(C(F)(F)F)c1. The van der Waals surface area contributed by atoms with Crippen molar-refractivity contribution in [2.24, 2.45) is 0 Å². The van der Waals surface area contributed by atoms with Crippen LogP contribution in [0.3, 0.4) is 0 Å². The Balaban J connectivity index is 2.49. The molecule has 0 aromatic carbocycles. The number of pyridine rings is 1. The standard InChI is InChI=1S/C14H17BF3NO4/c1-12(2)13(3,4)23-15(22-12)10-7-8(11(20)21-5)6-9(19-10)14(16,17)18/h6-7H,1-5H3. The fourth-order valence-corrected chi connectivity index (χ4v) is 2.02. The quantitative estimate of drug-likeness (QED) is 0.614. The first kappa shape index (κ1) is 17.7. The summed E-state index contributed by atoms with van der Waals surface area (Å²) >= 11 is 0. The minimum atomic E-state index is -4.71. The summed E-state index contributed by atoms with van der Waals surface area (Å²) in [5, 5.41) is 0. The first-order valence-corrected chi connectivity index (χ1v) is 6.90. The minimum absolute atomic E-state index is 0.126. The molecule has 1 aromatic rings. The molecule has 5 nitrogen and oxygen atoms in total. The van der Waals surface area contributed by atoms with Crippen molar-refractivity contribution >= 4 is 18.7 Å². The largest absolute Gasteiger partial charge is 0.514 e. The van der Waals surface area contributed by atoms with E-state index in [4.69, 9.17) is 9.31 Å². The Kier molecular flexibility index (Phi) is 4.23. The molecule has 0 unspecified atom stereocenters. The maximum Gasteiger partial charge on any atom is 0.514 e. The summed E-state index contributed by atoms with van der Waals surface area (Å²) in [6, 6.07) is 1.82. The van der Waals surface area contributed by atoms with Gasteiger partial charge in [0.25, 0.3) is 0 Å². The highest BCUT2D eigenvalue weighted by Crippen LogP contribution is 2.36. The molecule has 2 heterocycles.